The first-order valence-electron chi connectivity index (χ1n) is 9.61. The van der Waals surface area contributed by atoms with Crippen LogP contribution in [0.25, 0.3) is 16.6 Å². The molecule has 0 saturated heterocycles. The van der Waals surface area contributed by atoms with Crippen molar-refractivity contribution < 1.29 is 4.79 Å². The first-order chi connectivity index (χ1) is 14.2. The van der Waals surface area contributed by atoms with E-state index in [0.717, 1.165) is 0 Å². The molecular weight excluding hydrogens is 441 g/mol. The van der Waals surface area contributed by atoms with Gasteiger partial charge < -0.3 is 4.90 Å². The van der Waals surface area contributed by atoms with E-state index >= 15 is 0 Å². The Kier molecular flexibility index (Phi) is 7.11. The molecular formula is C22H23Cl2N3O2S. The lowest BCUT2D eigenvalue weighted by Gasteiger charge is -2.30. The van der Waals surface area contributed by atoms with Gasteiger partial charge in [-0.1, -0.05) is 35.0 Å². The molecule has 0 spiro atoms. The summed E-state index contributed by atoms with van der Waals surface area (Å²) in [6.45, 7) is 7.95. The highest BCUT2D eigenvalue weighted by atomic mass is 35.5. The van der Waals surface area contributed by atoms with Crippen LogP contribution in [0.3, 0.4) is 0 Å². The number of hydrogen-bond donors (Lipinski definition) is 0. The highest BCUT2D eigenvalue weighted by Crippen LogP contribution is 2.24. The van der Waals surface area contributed by atoms with Crippen LogP contribution >= 0.6 is 35.0 Å². The molecule has 0 saturated carbocycles. The Morgan fingerprint density at radius 1 is 1.03 bits per heavy atom. The second-order valence-corrected chi connectivity index (χ2v) is 9.27. The minimum absolute atomic E-state index is 0.00639. The summed E-state index contributed by atoms with van der Waals surface area (Å²) in [5.41, 5.74) is 0.907. The Bertz CT molecular complexity index is 1120. The lowest BCUT2D eigenvalue weighted by Crippen LogP contribution is -2.43. The summed E-state index contributed by atoms with van der Waals surface area (Å²) in [5, 5.41) is 1.95. The standard InChI is InChI=1S/C22H23Cl2N3O2S/c1-13(2)26(14(3)4)20(28)12-30-22-25-19-11-16(24)7-10-18(19)21(29)27(22)17-8-5-15(23)6-9-17/h5-11,13-14H,12H2,1-4H3. The number of amides is 1. The molecule has 0 aliphatic carbocycles. The third-order valence-corrected chi connectivity index (χ3v) is 6.02. The van der Waals surface area contributed by atoms with Crippen molar-refractivity contribution in [2.24, 2.45) is 0 Å². The van der Waals surface area contributed by atoms with Crippen molar-refractivity contribution in [3.63, 3.8) is 0 Å². The fourth-order valence-corrected chi connectivity index (χ4v) is 4.60. The Labute approximate surface area is 190 Å². The molecule has 0 bridgehead atoms. The number of benzene rings is 2. The zero-order valence-electron chi connectivity index (χ0n) is 17.2. The summed E-state index contributed by atoms with van der Waals surface area (Å²) in [7, 11) is 0. The van der Waals surface area contributed by atoms with Crippen molar-refractivity contribution >= 4 is 51.8 Å². The van der Waals surface area contributed by atoms with Crippen LogP contribution in [0.1, 0.15) is 27.7 Å². The van der Waals surface area contributed by atoms with Crippen LogP contribution in [0, 0.1) is 0 Å². The van der Waals surface area contributed by atoms with Crippen molar-refractivity contribution in [1.29, 1.82) is 0 Å². The number of thioether (sulfide) groups is 1. The average molecular weight is 464 g/mol. The predicted octanol–water partition coefficient (Wildman–Crippen LogP) is 5.43. The van der Waals surface area contributed by atoms with Crippen molar-refractivity contribution in [2.75, 3.05) is 5.75 Å². The van der Waals surface area contributed by atoms with Gasteiger partial charge in [0.2, 0.25) is 5.91 Å². The number of hydrogen-bond acceptors (Lipinski definition) is 4. The molecule has 1 aromatic heterocycles. The minimum Gasteiger partial charge on any atom is -0.337 e. The fraction of sp³-hybridized carbons (Fsp3) is 0.318. The van der Waals surface area contributed by atoms with E-state index in [4.69, 9.17) is 23.2 Å². The molecule has 1 heterocycles. The van der Waals surface area contributed by atoms with Crippen molar-refractivity contribution in [3.8, 4) is 5.69 Å². The first-order valence-corrected chi connectivity index (χ1v) is 11.4. The van der Waals surface area contributed by atoms with Crippen LogP contribution < -0.4 is 5.56 Å². The van der Waals surface area contributed by atoms with Gasteiger partial charge in [0.05, 0.1) is 22.3 Å². The summed E-state index contributed by atoms with van der Waals surface area (Å²) in [4.78, 5) is 32.6. The van der Waals surface area contributed by atoms with E-state index in [1.807, 2.05) is 32.6 Å². The number of nitrogens with zero attached hydrogens (tertiary/aromatic N) is 3. The van der Waals surface area contributed by atoms with Gasteiger partial charge in [0.15, 0.2) is 5.16 Å². The summed E-state index contributed by atoms with van der Waals surface area (Å²) >= 11 is 13.4. The van der Waals surface area contributed by atoms with Crippen LogP contribution in [0.2, 0.25) is 10.0 Å². The maximum atomic E-state index is 13.3. The van der Waals surface area contributed by atoms with Gasteiger partial charge in [-0.15, -0.1) is 0 Å². The van der Waals surface area contributed by atoms with Gasteiger partial charge in [0.1, 0.15) is 0 Å². The van der Waals surface area contributed by atoms with E-state index in [2.05, 4.69) is 4.98 Å². The van der Waals surface area contributed by atoms with E-state index in [1.54, 1.807) is 42.5 Å². The summed E-state index contributed by atoms with van der Waals surface area (Å²) in [5.74, 6) is 0.163. The van der Waals surface area contributed by atoms with E-state index in [9.17, 15) is 9.59 Å². The van der Waals surface area contributed by atoms with Gasteiger partial charge in [-0.05, 0) is 70.2 Å². The third kappa shape index (κ3) is 4.82. The monoisotopic (exact) mass is 463 g/mol. The Balaban J connectivity index is 2.07. The third-order valence-electron chi connectivity index (χ3n) is 4.61. The summed E-state index contributed by atoms with van der Waals surface area (Å²) in [6.07, 6.45) is 0. The molecule has 2 aromatic carbocycles. The molecule has 0 unspecified atom stereocenters. The van der Waals surface area contributed by atoms with Gasteiger partial charge in [-0.2, -0.15) is 0 Å². The molecule has 5 nitrogen and oxygen atoms in total. The normalized spacial score (nSPS) is 11.5. The SMILES string of the molecule is CC(C)N(C(=O)CSc1nc2cc(Cl)ccc2c(=O)n1-c1ccc(Cl)cc1)C(C)C. The zero-order chi connectivity index (χ0) is 22.0. The summed E-state index contributed by atoms with van der Waals surface area (Å²) in [6, 6.07) is 12.1. The molecule has 3 rings (SSSR count). The number of aromatic nitrogens is 2. The molecule has 0 fully saturated rings. The maximum Gasteiger partial charge on any atom is 0.266 e. The number of fused-ring (bicyclic) bond motifs is 1. The maximum absolute atomic E-state index is 13.3. The van der Waals surface area contributed by atoms with E-state index in [1.165, 1.54) is 16.3 Å². The lowest BCUT2D eigenvalue weighted by atomic mass is 10.2. The molecule has 0 N–H and O–H groups in total. The number of carbonyl (C=O) groups is 1. The minimum atomic E-state index is -0.224. The Morgan fingerprint density at radius 2 is 1.63 bits per heavy atom. The fourth-order valence-electron chi connectivity index (χ4n) is 3.43. The quantitative estimate of drug-likeness (QED) is 0.361. The second kappa shape index (κ2) is 9.41. The molecule has 0 aliphatic heterocycles. The summed E-state index contributed by atoms with van der Waals surface area (Å²) < 4.78 is 1.51. The molecule has 30 heavy (non-hydrogen) atoms. The average Bonchev–Trinajstić information content (AvgIpc) is 2.66. The van der Waals surface area contributed by atoms with Gasteiger partial charge in [-0.3, -0.25) is 14.2 Å². The molecule has 158 valence electrons. The van der Waals surface area contributed by atoms with Gasteiger partial charge in [0.25, 0.3) is 5.56 Å². The molecule has 1 amide bonds. The van der Waals surface area contributed by atoms with Crippen molar-refractivity contribution in [2.45, 2.75) is 44.9 Å². The van der Waals surface area contributed by atoms with Gasteiger partial charge in [0, 0.05) is 22.1 Å². The highest BCUT2D eigenvalue weighted by molar-refractivity contribution is 7.99. The van der Waals surface area contributed by atoms with Crippen LogP contribution in [0.4, 0.5) is 0 Å². The lowest BCUT2D eigenvalue weighted by molar-refractivity contribution is -0.131. The van der Waals surface area contributed by atoms with Gasteiger partial charge >= 0.3 is 0 Å². The molecule has 3 aromatic rings. The van der Waals surface area contributed by atoms with E-state index < -0.39 is 0 Å². The van der Waals surface area contributed by atoms with E-state index in [-0.39, 0.29) is 29.3 Å². The second-order valence-electron chi connectivity index (χ2n) is 7.45. The zero-order valence-corrected chi connectivity index (χ0v) is 19.6. The van der Waals surface area contributed by atoms with Crippen LogP contribution in [0.5, 0.6) is 0 Å². The van der Waals surface area contributed by atoms with Crippen molar-refractivity contribution in [1.82, 2.24) is 14.5 Å². The van der Waals surface area contributed by atoms with Crippen LogP contribution in [-0.2, 0) is 4.79 Å². The molecule has 8 heteroatoms. The van der Waals surface area contributed by atoms with Crippen molar-refractivity contribution in [3.05, 3.63) is 62.9 Å². The molecule has 0 radical (unpaired) electrons. The van der Waals surface area contributed by atoms with E-state index in [0.29, 0.717) is 31.8 Å². The van der Waals surface area contributed by atoms with Crippen LogP contribution in [0.15, 0.2) is 52.4 Å². The molecule has 0 atom stereocenters. The number of rotatable bonds is 6. The molecule has 0 aliphatic rings. The Morgan fingerprint density at radius 3 is 2.23 bits per heavy atom. The first kappa shape index (κ1) is 22.7. The number of carbonyl (C=O) groups excluding carboxylic acids is 1. The predicted molar refractivity (Wildman–Crippen MR) is 125 cm³/mol. The largest absolute Gasteiger partial charge is 0.337 e. The highest BCUT2D eigenvalue weighted by Gasteiger charge is 2.22. The topological polar surface area (TPSA) is 55.2 Å². The van der Waals surface area contributed by atoms with Crippen LogP contribution in [-0.4, -0.2) is 38.2 Å². The smallest absolute Gasteiger partial charge is 0.266 e. The van der Waals surface area contributed by atoms with Gasteiger partial charge in [-0.25, -0.2) is 4.98 Å². The number of halogens is 2. The Hall–Kier alpha value is -2.02.